The van der Waals surface area contributed by atoms with Gasteiger partial charge in [-0.15, -0.1) is 0 Å². The summed E-state index contributed by atoms with van der Waals surface area (Å²) >= 11 is 0. The Labute approximate surface area is 94.3 Å². The highest BCUT2D eigenvalue weighted by molar-refractivity contribution is 5.75. The first kappa shape index (κ1) is 16.4. The van der Waals surface area contributed by atoms with Gasteiger partial charge < -0.3 is 15.4 Å². The molecule has 0 saturated heterocycles. The van der Waals surface area contributed by atoms with Crippen LogP contribution in [0.2, 0.25) is 0 Å². The van der Waals surface area contributed by atoms with Crippen LogP contribution in [0.3, 0.4) is 0 Å². The van der Waals surface area contributed by atoms with Crippen molar-refractivity contribution in [2.45, 2.75) is 46.5 Å². The standard InChI is InChI=1S/C10H20N2O.C2H6/c1-9(13)7-5-4-6-8-12-10(2)11-3;1-2/h11-12H,2,4-8H2,1,3H3;1-2H3. The zero-order valence-corrected chi connectivity index (χ0v) is 10.7. The SMILES string of the molecule is C=C(NC)NCCCCCC(C)=O.CC. The molecule has 3 heteroatoms. The van der Waals surface area contributed by atoms with E-state index in [1.54, 1.807) is 6.92 Å². The molecule has 0 bridgehead atoms. The molecule has 0 rings (SSSR count). The molecule has 0 amide bonds. The van der Waals surface area contributed by atoms with Gasteiger partial charge in [-0.25, -0.2) is 0 Å². The highest BCUT2D eigenvalue weighted by Crippen LogP contribution is 1.99. The summed E-state index contributed by atoms with van der Waals surface area (Å²) in [6, 6.07) is 0. The summed E-state index contributed by atoms with van der Waals surface area (Å²) < 4.78 is 0. The Bertz CT molecular complexity index is 167. The van der Waals surface area contributed by atoms with Crippen molar-refractivity contribution in [1.82, 2.24) is 10.6 Å². The third-order valence-electron chi connectivity index (χ3n) is 1.85. The molecule has 0 radical (unpaired) electrons. The molecule has 3 nitrogen and oxygen atoms in total. The van der Waals surface area contributed by atoms with Crippen LogP contribution in [0, 0.1) is 0 Å². The van der Waals surface area contributed by atoms with E-state index < -0.39 is 0 Å². The van der Waals surface area contributed by atoms with Crippen molar-refractivity contribution >= 4 is 5.78 Å². The van der Waals surface area contributed by atoms with Crippen molar-refractivity contribution < 1.29 is 4.79 Å². The number of carbonyl (C=O) groups is 1. The number of unbranched alkanes of at least 4 members (excludes halogenated alkanes) is 2. The minimum atomic E-state index is 0.285. The highest BCUT2D eigenvalue weighted by atomic mass is 16.1. The average molecular weight is 214 g/mol. The van der Waals surface area contributed by atoms with Crippen molar-refractivity contribution in [3.05, 3.63) is 12.4 Å². The van der Waals surface area contributed by atoms with Crippen molar-refractivity contribution in [3.8, 4) is 0 Å². The molecule has 0 spiro atoms. The number of hydrogen-bond acceptors (Lipinski definition) is 3. The largest absolute Gasteiger partial charge is 0.375 e. The van der Waals surface area contributed by atoms with Gasteiger partial charge in [0.2, 0.25) is 0 Å². The van der Waals surface area contributed by atoms with Gasteiger partial charge in [0.05, 0.1) is 5.82 Å². The van der Waals surface area contributed by atoms with Gasteiger partial charge in [-0.05, 0) is 19.8 Å². The molecule has 0 heterocycles. The van der Waals surface area contributed by atoms with Crippen molar-refractivity contribution in [2.24, 2.45) is 0 Å². The second-order valence-corrected chi connectivity index (χ2v) is 3.17. The summed E-state index contributed by atoms with van der Waals surface area (Å²) in [5.41, 5.74) is 0. The van der Waals surface area contributed by atoms with E-state index in [-0.39, 0.29) is 5.78 Å². The van der Waals surface area contributed by atoms with Crippen LogP contribution >= 0.6 is 0 Å². The first-order valence-corrected chi connectivity index (χ1v) is 5.76. The van der Waals surface area contributed by atoms with Crippen LogP contribution in [-0.2, 0) is 4.79 Å². The molecule has 0 fully saturated rings. The Balaban J connectivity index is 0. The summed E-state index contributed by atoms with van der Waals surface area (Å²) in [4.78, 5) is 10.6. The molecular formula is C12H26N2O. The second-order valence-electron chi connectivity index (χ2n) is 3.17. The van der Waals surface area contributed by atoms with E-state index in [9.17, 15) is 4.79 Å². The summed E-state index contributed by atoms with van der Waals surface area (Å²) in [6.07, 6.45) is 3.91. The van der Waals surface area contributed by atoms with E-state index in [0.717, 1.165) is 31.6 Å². The molecule has 0 aromatic rings. The summed E-state index contributed by atoms with van der Waals surface area (Å²) in [7, 11) is 1.84. The summed E-state index contributed by atoms with van der Waals surface area (Å²) in [5.74, 6) is 1.14. The Morgan fingerprint density at radius 3 is 2.27 bits per heavy atom. The van der Waals surface area contributed by atoms with Crippen LogP contribution in [0.4, 0.5) is 0 Å². The molecular weight excluding hydrogens is 188 g/mol. The number of ketones is 1. The first-order valence-electron chi connectivity index (χ1n) is 5.76. The van der Waals surface area contributed by atoms with Gasteiger partial charge in [0.15, 0.2) is 0 Å². The highest BCUT2D eigenvalue weighted by Gasteiger charge is 1.93. The number of nitrogens with one attached hydrogen (secondary N) is 2. The monoisotopic (exact) mass is 214 g/mol. The normalized spacial score (nSPS) is 8.53. The van der Waals surface area contributed by atoms with Gasteiger partial charge >= 0.3 is 0 Å². The maximum Gasteiger partial charge on any atom is 0.129 e. The number of carbonyl (C=O) groups excluding carboxylic acids is 1. The Hall–Kier alpha value is -0.990. The van der Waals surface area contributed by atoms with Crippen LogP contribution in [0.1, 0.15) is 46.5 Å². The summed E-state index contributed by atoms with van der Waals surface area (Å²) in [5, 5.41) is 6.04. The molecule has 0 unspecified atom stereocenters. The van der Waals surface area contributed by atoms with Crippen molar-refractivity contribution in [2.75, 3.05) is 13.6 Å². The van der Waals surface area contributed by atoms with Gasteiger partial charge in [-0.2, -0.15) is 0 Å². The van der Waals surface area contributed by atoms with E-state index in [4.69, 9.17) is 0 Å². The molecule has 2 N–H and O–H groups in total. The van der Waals surface area contributed by atoms with Crippen LogP contribution in [0.15, 0.2) is 12.4 Å². The lowest BCUT2D eigenvalue weighted by Crippen LogP contribution is -2.23. The lowest BCUT2D eigenvalue weighted by Gasteiger charge is -2.07. The van der Waals surface area contributed by atoms with Gasteiger partial charge in [0.1, 0.15) is 5.78 Å². The van der Waals surface area contributed by atoms with Gasteiger partial charge in [0.25, 0.3) is 0 Å². The van der Waals surface area contributed by atoms with Crippen LogP contribution in [0.25, 0.3) is 0 Å². The first-order chi connectivity index (χ1) is 7.16. The third kappa shape index (κ3) is 15.7. The number of rotatable bonds is 8. The van der Waals surface area contributed by atoms with E-state index in [0.29, 0.717) is 6.42 Å². The molecule has 15 heavy (non-hydrogen) atoms. The minimum absolute atomic E-state index is 0.285. The lowest BCUT2D eigenvalue weighted by molar-refractivity contribution is -0.117. The van der Waals surface area contributed by atoms with Crippen LogP contribution in [0.5, 0.6) is 0 Å². The quantitative estimate of drug-likeness (QED) is 0.610. The maximum atomic E-state index is 10.6. The molecule has 0 aliphatic carbocycles. The zero-order chi connectivity index (χ0) is 12.1. The van der Waals surface area contributed by atoms with E-state index >= 15 is 0 Å². The van der Waals surface area contributed by atoms with Gasteiger partial charge in [-0.1, -0.05) is 26.8 Å². The fraction of sp³-hybridized carbons (Fsp3) is 0.750. The van der Waals surface area contributed by atoms with Crippen molar-refractivity contribution in [1.29, 1.82) is 0 Å². The molecule has 0 aromatic carbocycles. The van der Waals surface area contributed by atoms with Crippen molar-refractivity contribution in [3.63, 3.8) is 0 Å². The topological polar surface area (TPSA) is 41.1 Å². The fourth-order valence-electron chi connectivity index (χ4n) is 1.00. The smallest absolute Gasteiger partial charge is 0.129 e. The Morgan fingerprint density at radius 1 is 1.20 bits per heavy atom. The average Bonchev–Trinajstić information content (AvgIpc) is 2.25. The molecule has 0 aliphatic rings. The fourth-order valence-corrected chi connectivity index (χ4v) is 1.00. The molecule has 0 saturated carbocycles. The second kappa shape index (κ2) is 13.0. The molecule has 0 aromatic heterocycles. The predicted molar refractivity (Wildman–Crippen MR) is 66.7 cm³/mol. The van der Waals surface area contributed by atoms with E-state index in [1.165, 1.54) is 0 Å². The lowest BCUT2D eigenvalue weighted by atomic mass is 10.1. The van der Waals surface area contributed by atoms with E-state index in [1.807, 2.05) is 20.9 Å². The van der Waals surface area contributed by atoms with Crippen LogP contribution in [-0.4, -0.2) is 19.4 Å². The number of Topliss-reactive ketones (excluding diaryl/α,β-unsaturated/α-hetero) is 1. The predicted octanol–water partition coefficient (Wildman–Crippen LogP) is 2.44. The Morgan fingerprint density at radius 2 is 1.80 bits per heavy atom. The summed E-state index contributed by atoms with van der Waals surface area (Å²) in [6.45, 7) is 10.3. The zero-order valence-electron chi connectivity index (χ0n) is 10.7. The third-order valence-corrected chi connectivity index (χ3v) is 1.85. The van der Waals surface area contributed by atoms with Gasteiger partial charge in [-0.3, -0.25) is 0 Å². The number of hydrogen-bond donors (Lipinski definition) is 2. The minimum Gasteiger partial charge on any atom is -0.375 e. The van der Waals surface area contributed by atoms with Crippen LogP contribution < -0.4 is 10.6 Å². The molecule has 0 atom stereocenters. The van der Waals surface area contributed by atoms with E-state index in [2.05, 4.69) is 17.2 Å². The van der Waals surface area contributed by atoms with Gasteiger partial charge in [0, 0.05) is 20.0 Å². The molecule has 0 aliphatic heterocycles. The Kier molecular flexibility index (Phi) is 14.3. The maximum absolute atomic E-state index is 10.6. The molecule has 90 valence electrons.